The van der Waals surface area contributed by atoms with Crippen molar-refractivity contribution in [3.8, 4) is 0 Å². The number of anilines is 1. The van der Waals surface area contributed by atoms with Crippen LogP contribution in [0.4, 0.5) is 5.82 Å². The zero-order valence-corrected chi connectivity index (χ0v) is 8.07. The number of nitrogens with zero attached hydrogens (tertiary/aromatic N) is 1. The fourth-order valence-electron chi connectivity index (χ4n) is 0.867. The van der Waals surface area contributed by atoms with E-state index in [-0.39, 0.29) is 5.78 Å². The molecule has 3 nitrogen and oxygen atoms in total. The Morgan fingerprint density at radius 1 is 1.75 bits per heavy atom. The molecular formula is C8H12N2OS. The lowest BCUT2D eigenvalue weighted by atomic mass is 10.3. The molecule has 0 aliphatic carbocycles. The Morgan fingerprint density at radius 3 is 3.08 bits per heavy atom. The summed E-state index contributed by atoms with van der Waals surface area (Å²) in [6.45, 7) is 4.46. The zero-order valence-electron chi connectivity index (χ0n) is 7.26. The Kier molecular flexibility index (Phi) is 3.22. The monoisotopic (exact) mass is 184 g/mol. The van der Waals surface area contributed by atoms with E-state index in [4.69, 9.17) is 0 Å². The van der Waals surface area contributed by atoms with Gasteiger partial charge in [-0.15, -0.1) is 11.3 Å². The van der Waals surface area contributed by atoms with Gasteiger partial charge in [0.1, 0.15) is 16.6 Å². The van der Waals surface area contributed by atoms with Gasteiger partial charge in [-0.3, -0.25) is 4.79 Å². The first kappa shape index (κ1) is 9.19. The minimum absolute atomic E-state index is 0.160. The highest BCUT2D eigenvalue weighted by Crippen LogP contribution is 2.14. The molecule has 0 aliphatic rings. The maximum absolute atomic E-state index is 10.7. The molecule has 0 saturated heterocycles. The number of hydrogen-bond acceptors (Lipinski definition) is 4. The summed E-state index contributed by atoms with van der Waals surface area (Å²) in [5.41, 5.74) is 0. The quantitative estimate of drug-likeness (QED) is 0.774. The van der Waals surface area contributed by atoms with Crippen LogP contribution in [0.5, 0.6) is 0 Å². The first-order chi connectivity index (χ1) is 5.72. The van der Waals surface area contributed by atoms with Crippen LogP contribution in [-0.4, -0.2) is 17.3 Å². The number of hydrogen-bond donors (Lipinski definition) is 1. The van der Waals surface area contributed by atoms with Gasteiger partial charge >= 0.3 is 0 Å². The van der Waals surface area contributed by atoms with Crippen molar-refractivity contribution in [3.63, 3.8) is 0 Å². The second-order valence-corrected chi connectivity index (χ2v) is 3.48. The standard InChI is InChI=1S/C8H12N2OS/c1-3-9-7-5-12-8(10-7)4-6(2)11/h5,9H,3-4H2,1-2H3. The van der Waals surface area contributed by atoms with E-state index in [1.165, 1.54) is 11.3 Å². The minimum Gasteiger partial charge on any atom is -0.370 e. The summed E-state index contributed by atoms with van der Waals surface area (Å²) in [5, 5.41) is 5.91. The normalized spacial score (nSPS) is 9.83. The van der Waals surface area contributed by atoms with E-state index in [0.717, 1.165) is 17.4 Å². The van der Waals surface area contributed by atoms with Crippen LogP contribution in [0, 0.1) is 0 Å². The van der Waals surface area contributed by atoms with Crippen molar-refractivity contribution >= 4 is 22.9 Å². The lowest BCUT2D eigenvalue weighted by Crippen LogP contribution is -1.98. The number of rotatable bonds is 4. The van der Waals surface area contributed by atoms with Crippen molar-refractivity contribution in [2.24, 2.45) is 0 Å². The molecule has 1 N–H and O–H groups in total. The summed E-state index contributed by atoms with van der Waals surface area (Å²) in [5.74, 6) is 1.03. The van der Waals surface area contributed by atoms with E-state index in [1.807, 2.05) is 12.3 Å². The Balaban J connectivity index is 2.58. The molecule has 12 heavy (non-hydrogen) atoms. The predicted octanol–water partition coefficient (Wildman–Crippen LogP) is 1.71. The molecule has 1 aromatic heterocycles. The van der Waals surface area contributed by atoms with Crippen LogP contribution in [0.25, 0.3) is 0 Å². The van der Waals surface area contributed by atoms with Crippen LogP contribution < -0.4 is 5.32 Å². The molecule has 0 aromatic carbocycles. The van der Waals surface area contributed by atoms with E-state index in [1.54, 1.807) is 6.92 Å². The predicted molar refractivity (Wildman–Crippen MR) is 50.7 cm³/mol. The van der Waals surface area contributed by atoms with Crippen LogP contribution in [0.15, 0.2) is 5.38 Å². The van der Waals surface area contributed by atoms with Crippen LogP contribution in [0.2, 0.25) is 0 Å². The van der Waals surface area contributed by atoms with Crippen LogP contribution in [-0.2, 0) is 11.2 Å². The molecule has 0 atom stereocenters. The van der Waals surface area contributed by atoms with Gasteiger partial charge in [0.15, 0.2) is 0 Å². The molecule has 0 fully saturated rings. The summed E-state index contributed by atoms with van der Waals surface area (Å²) in [7, 11) is 0. The molecular weight excluding hydrogens is 172 g/mol. The van der Waals surface area contributed by atoms with E-state index >= 15 is 0 Å². The third-order valence-corrected chi connectivity index (χ3v) is 2.16. The van der Waals surface area contributed by atoms with Crippen molar-refractivity contribution < 1.29 is 4.79 Å². The molecule has 0 aliphatic heterocycles. The molecule has 0 radical (unpaired) electrons. The number of ketones is 1. The van der Waals surface area contributed by atoms with Gasteiger partial charge in [-0.1, -0.05) is 0 Å². The van der Waals surface area contributed by atoms with E-state index in [2.05, 4.69) is 10.3 Å². The van der Waals surface area contributed by atoms with Crippen molar-refractivity contribution in [1.82, 2.24) is 4.98 Å². The fraction of sp³-hybridized carbons (Fsp3) is 0.500. The van der Waals surface area contributed by atoms with Crippen LogP contribution >= 0.6 is 11.3 Å². The minimum atomic E-state index is 0.160. The number of carbonyl (C=O) groups excluding carboxylic acids is 1. The molecule has 0 unspecified atom stereocenters. The highest BCUT2D eigenvalue weighted by Gasteiger charge is 2.02. The Morgan fingerprint density at radius 2 is 2.50 bits per heavy atom. The summed E-state index contributed by atoms with van der Waals surface area (Å²) < 4.78 is 0. The summed E-state index contributed by atoms with van der Waals surface area (Å²) in [6.07, 6.45) is 0.454. The molecule has 1 rings (SSSR count). The van der Waals surface area contributed by atoms with E-state index in [9.17, 15) is 4.79 Å². The Bertz CT molecular complexity index is 270. The number of carbonyl (C=O) groups is 1. The lowest BCUT2D eigenvalue weighted by Gasteiger charge is -1.94. The second-order valence-electron chi connectivity index (χ2n) is 2.54. The topological polar surface area (TPSA) is 42.0 Å². The maximum atomic E-state index is 10.7. The van der Waals surface area contributed by atoms with Gasteiger partial charge in [-0.25, -0.2) is 4.98 Å². The van der Waals surface area contributed by atoms with Crippen molar-refractivity contribution in [2.45, 2.75) is 20.3 Å². The first-order valence-corrected chi connectivity index (χ1v) is 4.78. The lowest BCUT2D eigenvalue weighted by molar-refractivity contribution is -0.116. The van der Waals surface area contributed by atoms with Gasteiger partial charge in [0, 0.05) is 11.9 Å². The maximum Gasteiger partial charge on any atom is 0.137 e. The Hall–Kier alpha value is -0.900. The molecule has 4 heteroatoms. The number of Topliss-reactive ketones (excluding diaryl/α,β-unsaturated/α-hetero) is 1. The highest BCUT2D eigenvalue weighted by molar-refractivity contribution is 7.10. The van der Waals surface area contributed by atoms with Crippen LogP contribution in [0.3, 0.4) is 0 Å². The Labute approximate surface area is 75.8 Å². The number of aromatic nitrogens is 1. The second kappa shape index (κ2) is 4.21. The summed E-state index contributed by atoms with van der Waals surface area (Å²) >= 11 is 1.52. The first-order valence-electron chi connectivity index (χ1n) is 3.90. The SMILES string of the molecule is CCNc1csc(CC(C)=O)n1. The number of thiazole rings is 1. The van der Waals surface area contributed by atoms with Gasteiger partial charge in [-0.2, -0.15) is 0 Å². The molecule has 66 valence electrons. The van der Waals surface area contributed by atoms with Gasteiger partial charge in [0.05, 0.1) is 6.42 Å². The van der Waals surface area contributed by atoms with Crippen molar-refractivity contribution in [2.75, 3.05) is 11.9 Å². The highest BCUT2D eigenvalue weighted by atomic mass is 32.1. The van der Waals surface area contributed by atoms with Crippen LogP contribution in [0.1, 0.15) is 18.9 Å². The molecule has 0 bridgehead atoms. The molecule has 1 aromatic rings. The van der Waals surface area contributed by atoms with E-state index in [0.29, 0.717) is 6.42 Å². The molecule has 0 spiro atoms. The van der Waals surface area contributed by atoms with Crippen molar-refractivity contribution in [1.29, 1.82) is 0 Å². The average molecular weight is 184 g/mol. The smallest absolute Gasteiger partial charge is 0.137 e. The molecule has 0 saturated carbocycles. The summed E-state index contributed by atoms with van der Waals surface area (Å²) in [6, 6.07) is 0. The van der Waals surface area contributed by atoms with Crippen molar-refractivity contribution in [3.05, 3.63) is 10.4 Å². The summed E-state index contributed by atoms with van der Waals surface area (Å²) in [4.78, 5) is 15.0. The van der Waals surface area contributed by atoms with Gasteiger partial charge in [-0.05, 0) is 13.8 Å². The third kappa shape index (κ3) is 2.62. The number of nitrogens with one attached hydrogen (secondary N) is 1. The van der Waals surface area contributed by atoms with E-state index < -0.39 is 0 Å². The fourth-order valence-corrected chi connectivity index (χ4v) is 1.69. The van der Waals surface area contributed by atoms with Gasteiger partial charge < -0.3 is 5.32 Å². The van der Waals surface area contributed by atoms with Gasteiger partial charge in [0.25, 0.3) is 0 Å². The molecule has 1 heterocycles. The largest absolute Gasteiger partial charge is 0.370 e. The average Bonchev–Trinajstić information content (AvgIpc) is 2.36. The zero-order chi connectivity index (χ0) is 8.97. The van der Waals surface area contributed by atoms with Gasteiger partial charge in [0.2, 0.25) is 0 Å². The molecule has 0 amide bonds. The third-order valence-electron chi connectivity index (χ3n) is 1.31.